The number of rotatable bonds is 8. The Balaban J connectivity index is 0.000000280. The molecule has 352 valence electrons. The van der Waals surface area contributed by atoms with Crippen LogP contribution in [0.25, 0.3) is 0 Å². The van der Waals surface area contributed by atoms with E-state index in [0.29, 0.717) is 44.1 Å². The van der Waals surface area contributed by atoms with E-state index in [4.69, 9.17) is 14.2 Å². The van der Waals surface area contributed by atoms with Gasteiger partial charge in [-0.15, -0.1) is 0 Å². The molecule has 2 aromatic carbocycles. The summed E-state index contributed by atoms with van der Waals surface area (Å²) in [5.41, 5.74) is 1.99. The van der Waals surface area contributed by atoms with E-state index in [0.717, 1.165) is 11.1 Å². The van der Waals surface area contributed by atoms with Crippen LogP contribution in [-0.4, -0.2) is 143 Å². The van der Waals surface area contributed by atoms with Gasteiger partial charge in [-0.1, -0.05) is 24.3 Å². The van der Waals surface area contributed by atoms with Crippen LogP contribution in [0.5, 0.6) is 0 Å². The van der Waals surface area contributed by atoms with E-state index in [1.165, 1.54) is 24.3 Å². The van der Waals surface area contributed by atoms with Crippen molar-refractivity contribution in [3.63, 3.8) is 0 Å². The van der Waals surface area contributed by atoms with Crippen LogP contribution < -0.4 is 51.4 Å². The molecule has 3 aliphatic rings. The van der Waals surface area contributed by atoms with Crippen molar-refractivity contribution < 1.29 is 99.3 Å². The molecule has 5 heterocycles. The Bertz CT molecular complexity index is 2280. The van der Waals surface area contributed by atoms with Crippen LogP contribution in [-0.2, 0) is 19.0 Å². The number of carbonyl (C=O) groups excluding carboxylic acids is 3. The standard InChI is InChI=1S/C23H30FN5O3.C23H29FN4O4.K.H2O/c1-16(17-5-7-18(24)8-6-17)29-15-26-12-21(29)20(11-25)28-10-9-27(13-19(28)14-30)22(31)32-23(2,3)4;1-15(16-5-7-17(24)8-6-16)28-14-25-11-19(28)20-21(29)31-13-18-12-26(9-10-27(18)20)22(30)32-23(2,3)4;;/h5-8,12,15-16,19-20,30H,9-10,13-14H2,1-4H3;5-8,11,14-15,18,20H,9-10,12-13H2,1-4H3;;1H2/q;;+1;/p-1/t16-,19?,20?;15-,18?,20?;;/m11../s1. The second-order valence-electron chi connectivity index (χ2n) is 18.3. The van der Waals surface area contributed by atoms with Crippen LogP contribution in [0.2, 0.25) is 0 Å². The van der Waals surface area contributed by atoms with E-state index in [1.54, 1.807) is 79.9 Å². The summed E-state index contributed by atoms with van der Waals surface area (Å²) < 4.78 is 47.0. The third-order valence-electron chi connectivity index (χ3n) is 11.5. The predicted molar refractivity (Wildman–Crippen MR) is 233 cm³/mol. The van der Waals surface area contributed by atoms with Crippen molar-refractivity contribution >= 4 is 18.2 Å². The number of benzene rings is 2. The Kier molecular flexibility index (Phi) is 19.0. The van der Waals surface area contributed by atoms with Crippen molar-refractivity contribution in [2.75, 3.05) is 52.5 Å². The molecule has 0 bridgehead atoms. The topological polar surface area (TPSA) is 202 Å². The Morgan fingerprint density at radius 2 is 1.32 bits per heavy atom. The first kappa shape index (κ1) is 54.3. The summed E-state index contributed by atoms with van der Waals surface area (Å²) in [7, 11) is 0. The number of ether oxygens (including phenoxy) is 3. The Morgan fingerprint density at radius 1 is 0.818 bits per heavy atom. The monoisotopic (exact) mass is 943 g/mol. The molecular weight excluding hydrogens is 884 g/mol. The van der Waals surface area contributed by atoms with Gasteiger partial charge < -0.3 is 43.7 Å². The molecule has 3 fully saturated rings. The molecule has 66 heavy (non-hydrogen) atoms. The van der Waals surface area contributed by atoms with Crippen LogP contribution in [0.15, 0.2) is 73.6 Å². The number of amides is 2. The third kappa shape index (κ3) is 13.2. The van der Waals surface area contributed by atoms with Gasteiger partial charge in [0, 0.05) is 39.3 Å². The van der Waals surface area contributed by atoms with Gasteiger partial charge in [0.05, 0.1) is 73.3 Å². The molecule has 0 radical (unpaired) electrons. The number of aromatic nitrogens is 4. The number of halogens is 2. The maximum Gasteiger partial charge on any atom is 1.00 e. The minimum Gasteiger partial charge on any atom is -0.870 e. The maximum absolute atomic E-state index is 13.4. The summed E-state index contributed by atoms with van der Waals surface area (Å²) in [5.74, 6) is -0.941. The number of nitrogens with zero attached hydrogens (tertiary/aromatic N) is 9. The fraction of sp³-hybridized carbons (Fsp3) is 0.522. The molecule has 7 rings (SSSR count). The van der Waals surface area contributed by atoms with Gasteiger partial charge in [0.15, 0.2) is 6.04 Å². The summed E-state index contributed by atoms with van der Waals surface area (Å²) in [5, 5.41) is 20.1. The molecule has 0 aliphatic carbocycles. The number of imidazole rings is 2. The summed E-state index contributed by atoms with van der Waals surface area (Å²) in [6, 6.07) is 12.7. The van der Waals surface area contributed by atoms with E-state index in [1.807, 2.05) is 48.7 Å². The van der Waals surface area contributed by atoms with Gasteiger partial charge in [-0.3, -0.25) is 9.80 Å². The van der Waals surface area contributed by atoms with Gasteiger partial charge in [-0.2, -0.15) is 5.26 Å². The van der Waals surface area contributed by atoms with Crippen LogP contribution in [0.1, 0.15) is 102 Å². The van der Waals surface area contributed by atoms with E-state index < -0.39 is 35.4 Å². The first-order chi connectivity index (χ1) is 30.3. The number of fused-ring (bicyclic) bond motifs is 1. The van der Waals surface area contributed by atoms with Crippen LogP contribution in [0.3, 0.4) is 0 Å². The normalized spacial score (nSPS) is 20.4. The molecule has 0 spiro atoms. The number of nitriles is 1. The predicted octanol–water partition coefficient (Wildman–Crippen LogP) is 3.09. The van der Waals surface area contributed by atoms with Gasteiger partial charge in [-0.05, 0) is 90.8 Å². The molecule has 2 aromatic heterocycles. The fourth-order valence-corrected chi connectivity index (χ4v) is 8.21. The number of esters is 1. The fourth-order valence-electron chi connectivity index (χ4n) is 8.21. The molecule has 3 aliphatic heterocycles. The van der Waals surface area contributed by atoms with Crippen molar-refractivity contribution in [2.45, 2.75) is 103 Å². The molecular formula is C46H60F2KN9O8. The van der Waals surface area contributed by atoms with E-state index in [-0.39, 0.29) is 118 Å². The zero-order valence-electron chi connectivity index (χ0n) is 39.2. The van der Waals surface area contributed by atoms with Gasteiger partial charge >= 0.3 is 69.5 Å². The Morgan fingerprint density at radius 3 is 1.85 bits per heavy atom. The number of carbonyl (C=O) groups is 3. The molecule has 6 atom stereocenters. The smallest absolute Gasteiger partial charge is 0.870 e. The average molecular weight is 944 g/mol. The third-order valence-corrected chi connectivity index (χ3v) is 11.5. The van der Waals surface area contributed by atoms with E-state index >= 15 is 0 Å². The van der Waals surface area contributed by atoms with Gasteiger partial charge in [0.25, 0.3) is 0 Å². The molecule has 3 saturated heterocycles. The number of cyclic esters (lactones) is 1. The molecule has 2 N–H and O–H groups in total. The molecule has 4 aromatic rings. The molecule has 4 unspecified atom stereocenters. The number of morpholine rings is 1. The number of aliphatic hydroxyl groups is 1. The summed E-state index contributed by atoms with van der Waals surface area (Å²) in [6.45, 7) is 17.3. The van der Waals surface area contributed by atoms with Crippen LogP contribution in [0, 0.1) is 23.0 Å². The number of piperazine rings is 2. The molecule has 0 saturated carbocycles. The number of hydrogen-bond donors (Lipinski definition) is 1. The minimum atomic E-state index is -0.668. The minimum absolute atomic E-state index is 0. The molecule has 2 amide bonds. The maximum atomic E-state index is 13.4. The van der Waals surface area contributed by atoms with E-state index in [2.05, 4.69) is 20.9 Å². The number of hydrogen-bond acceptors (Lipinski definition) is 13. The zero-order chi connectivity index (χ0) is 46.5. The average Bonchev–Trinajstić information content (AvgIpc) is 3.94. The van der Waals surface area contributed by atoms with Crippen molar-refractivity contribution in [1.82, 2.24) is 38.7 Å². The first-order valence-corrected chi connectivity index (χ1v) is 21.5. The van der Waals surface area contributed by atoms with Crippen molar-refractivity contribution in [2.24, 2.45) is 0 Å². The van der Waals surface area contributed by atoms with Crippen molar-refractivity contribution in [3.8, 4) is 6.07 Å². The summed E-state index contributed by atoms with van der Waals surface area (Å²) >= 11 is 0. The zero-order valence-corrected chi connectivity index (χ0v) is 42.3. The van der Waals surface area contributed by atoms with Crippen molar-refractivity contribution in [3.05, 3.63) is 108 Å². The van der Waals surface area contributed by atoms with E-state index in [9.17, 15) is 33.5 Å². The largest absolute Gasteiger partial charge is 1.00 e. The summed E-state index contributed by atoms with van der Waals surface area (Å²) in [4.78, 5) is 53.6. The second-order valence-corrected chi connectivity index (χ2v) is 18.3. The molecule has 17 nitrogen and oxygen atoms in total. The first-order valence-electron chi connectivity index (χ1n) is 21.5. The van der Waals surface area contributed by atoms with Gasteiger partial charge in [-0.25, -0.2) is 33.1 Å². The second kappa shape index (κ2) is 23.1. The quantitative estimate of drug-likeness (QED) is 0.154. The SMILES string of the molecule is C[C@H](c1ccc(F)cc1)n1cncc1C(C#N)N1CCN(C(=O)OC(C)(C)C)CC1CO.C[C@H](c1ccc(F)cc1)n1cncc1C1C(=O)OCC2CN(C(=O)OC(C)(C)C)CCN21.[K+].[OH-]. The van der Waals surface area contributed by atoms with Gasteiger partial charge in [0.1, 0.15) is 35.5 Å². The van der Waals surface area contributed by atoms with Gasteiger partial charge in [0.2, 0.25) is 0 Å². The van der Waals surface area contributed by atoms with Crippen LogP contribution in [0.4, 0.5) is 18.4 Å². The van der Waals surface area contributed by atoms with Crippen molar-refractivity contribution in [1.29, 1.82) is 5.26 Å². The summed E-state index contributed by atoms with van der Waals surface area (Å²) in [6.07, 6.45) is 5.85. The Hall–Kier alpha value is -4.30. The number of aliphatic hydroxyl groups excluding tert-OH is 1. The molecule has 20 heteroatoms. The van der Waals surface area contributed by atoms with Crippen LogP contribution >= 0.6 is 0 Å². The Labute approximate surface area is 427 Å².